The maximum absolute atomic E-state index is 15.1. The number of nitriles is 1. The number of carbonyl (C=O) groups excluding carboxylic acids is 1. The molecule has 1 saturated heterocycles. The molecule has 1 fully saturated rings. The number of hydrogen-bond donors (Lipinski definition) is 0. The topological polar surface area (TPSA) is 117 Å². The normalized spacial score (nSPS) is 15.4. The molecule has 192 valence electrons. The van der Waals surface area contributed by atoms with Gasteiger partial charge in [0.15, 0.2) is 5.65 Å². The van der Waals surface area contributed by atoms with Crippen LogP contribution in [0, 0.1) is 17.1 Å². The van der Waals surface area contributed by atoms with E-state index in [0.29, 0.717) is 59.0 Å². The molecule has 1 aliphatic heterocycles. The Kier molecular flexibility index (Phi) is 6.13. The summed E-state index contributed by atoms with van der Waals surface area (Å²) in [6.45, 7) is 3.39. The quantitative estimate of drug-likeness (QED) is 0.353. The monoisotopic (exact) mass is 519 g/mol. The molecule has 5 heterocycles. The molecule has 4 aromatic heterocycles. The molecule has 6 rings (SSSR count). The SMILES string of the molecule is CC1CN(c2ncnc3c2c(-c2ccccc2F)cn3-c2cc(C#N)ccn2)CCN1C(=O)c1ncccn1. The summed E-state index contributed by atoms with van der Waals surface area (Å²) in [5, 5.41) is 10.1. The zero-order valence-electron chi connectivity index (χ0n) is 20.9. The molecule has 39 heavy (non-hydrogen) atoms. The third kappa shape index (κ3) is 4.31. The number of benzene rings is 1. The molecule has 1 amide bonds. The molecule has 0 N–H and O–H groups in total. The smallest absolute Gasteiger partial charge is 0.292 e. The first kappa shape index (κ1) is 24.1. The molecule has 0 saturated carbocycles. The average molecular weight is 520 g/mol. The van der Waals surface area contributed by atoms with Crippen LogP contribution in [0.5, 0.6) is 0 Å². The van der Waals surface area contributed by atoms with Crippen molar-refractivity contribution in [1.82, 2.24) is 34.4 Å². The summed E-state index contributed by atoms with van der Waals surface area (Å²) >= 11 is 0. The number of anilines is 1. The number of fused-ring (bicyclic) bond motifs is 1. The van der Waals surface area contributed by atoms with Crippen molar-refractivity contribution in [3.8, 4) is 23.0 Å². The van der Waals surface area contributed by atoms with Crippen LogP contribution in [-0.2, 0) is 0 Å². The van der Waals surface area contributed by atoms with E-state index in [1.54, 1.807) is 70.7 Å². The number of nitrogens with zero attached hydrogens (tertiary/aromatic N) is 9. The fourth-order valence-corrected chi connectivity index (χ4v) is 4.95. The van der Waals surface area contributed by atoms with Crippen LogP contribution in [-0.4, -0.2) is 66.0 Å². The first-order valence-electron chi connectivity index (χ1n) is 12.4. The van der Waals surface area contributed by atoms with Crippen LogP contribution in [0.1, 0.15) is 23.1 Å². The summed E-state index contributed by atoms with van der Waals surface area (Å²) in [4.78, 5) is 38.7. The van der Waals surface area contributed by atoms with Gasteiger partial charge in [0.2, 0.25) is 5.82 Å². The van der Waals surface area contributed by atoms with Crippen molar-refractivity contribution in [2.45, 2.75) is 13.0 Å². The Morgan fingerprint density at radius 3 is 2.59 bits per heavy atom. The maximum Gasteiger partial charge on any atom is 0.292 e. The fraction of sp³-hybridized carbons (Fsp3) is 0.179. The second kappa shape index (κ2) is 9.90. The second-order valence-electron chi connectivity index (χ2n) is 9.17. The highest BCUT2D eigenvalue weighted by atomic mass is 19.1. The van der Waals surface area contributed by atoms with Crippen LogP contribution >= 0.6 is 0 Å². The Hall–Kier alpha value is -5.24. The minimum atomic E-state index is -0.378. The number of rotatable bonds is 4. The number of hydrogen-bond acceptors (Lipinski definition) is 8. The van der Waals surface area contributed by atoms with Gasteiger partial charge in [0.05, 0.1) is 17.0 Å². The van der Waals surface area contributed by atoms with Crippen LogP contribution in [0.25, 0.3) is 28.0 Å². The molecule has 0 aliphatic carbocycles. The van der Waals surface area contributed by atoms with E-state index in [0.717, 1.165) is 0 Å². The van der Waals surface area contributed by atoms with E-state index >= 15 is 4.39 Å². The summed E-state index contributed by atoms with van der Waals surface area (Å²) in [5.41, 5.74) is 1.98. The summed E-state index contributed by atoms with van der Waals surface area (Å²) in [5.74, 6) is 0.670. The van der Waals surface area contributed by atoms with E-state index < -0.39 is 0 Å². The number of piperazine rings is 1. The Bertz CT molecular complexity index is 1730. The molecule has 11 heteroatoms. The lowest BCUT2D eigenvalue weighted by molar-refractivity contribution is 0.0661. The highest BCUT2D eigenvalue weighted by Crippen LogP contribution is 2.38. The van der Waals surface area contributed by atoms with Gasteiger partial charge in [0.25, 0.3) is 5.91 Å². The molecule has 0 spiro atoms. The highest BCUT2D eigenvalue weighted by Gasteiger charge is 2.32. The molecule has 1 aromatic carbocycles. The number of amides is 1. The van der Waals surface area contributed by atoms with Crippen molar-refractivity contribution in [3.05, 3.63) is 90.8 Å². The average Bonchev–Trinajstić information content (AvgIpc) is 3.37. The maximum atomic E-state index is 15.1. The van der Waals surface area contributed by atoms with Crippen LogP contribution in [0.2, 0.25) is 0 Å². The second-order valence-corrected chi connectivity index (χ2v) is 9.17. The van der Waals surface area contributed by atoms with Gasteiger partial charge in [-0.15, -0.1) is 0 Å². The van der Waals surface area contributed by atoms with E-state index in [4.69, 9.17) is 0 Å². The molecule has 1 aliphatic rings. The summed E-state index contributed by atoms with van der Waals surface area (Å²) in [7, 11) is 0. The zero-order valence-corrected chi connectivity index (χ0v) is 20.9. The largest absolute Gasteiger partial charge is 0.352 e. The Labute approximate surface area is 223 Å². The molecule has 1 atom stereocenters. The van der Waals surface area contributed by atoms with E-state index in [1.807, 2.05) is 6.92 Å². The third-order valence-corrected chi connectivity index (χ3v) is 6.79. The first-order chi connectivity index (χ1) is 19.0. The van der Waals surface area contributed by atoms with E-state index in [2.05, 4.69) is 35.9 Å². The molecule has 1 unspecified atom stereocenters. The summed E-state index contributed by atoms with van der Waals surface area (Å²) in [6, 6.07) is 13.5. The third-order valence-electron chi connectivity index (χ3n) is 6.79. The van der Waals surface area contributed by atoms with Gasteiger partial charge in [-0.25, -0.2) is 29.3 Å². The summed E-state index contributed by atoms with van der Waals surface area (Å²) < 4.78 is 16.8. The van der Waals surface area contributed by atoms with Crippen molar-refractivity contribution >= 4 is 22.8 Å². The van der Waals surface area contributed by atoms with Crippen LogP contribution < -0.4 is 4.90 Å². The Balaban J connectivity index is 1.44. The van der Waals surface area contributed by atoms with Gasteiger partial charge in [-0.1, -0.05) is 18.2 Å². The Morgan fingerprint density at radius 2 is 1.82 bits per heavy atom. The molecule has 0 radical (unpaired) electrons. The van der Waals surface area contributed by atoms with Crippen LogP contribution in [0.4, 0.5) is 10.2 Å². The lowest BCUT2D eigenvalue weighted by atomic mass is 10.0. The van der Waals surface area contributed by atoms with Gasteiger partial charge in [-0.3, -0.25) is 9.36 Å². The first-order valence-corrected chi connectivity index (χ1v) is 12.4. The van der Waals surface area contributed by atoms with E-state index in [9.17, 15) is 10.1 Å². The van der Waals surface area contributed by atoms with Gasteiger partial charge in [0.1, 0.15) is 23.8 Å². The number of carbonyl (C=O) groups is 1. The minimum Gasteiger partial charge on any atom is -0.352 e. The highest BCUT2D eigenvalue weighted by molar-refractivity contribution is 6.02. The minimum absolute atomic E-state index is 0.159. The van der Waals surface area contributed by atoms with Gasteiger partial charge >= 0.3 is 0 Å². The number of pyridine rings is 1. The zero-order chi connectivity index (χ0) is 26.9. The van der Waals surface area contributed by atoms with Crippen LogP contribution in [0.3, 0.4) is 0 Å². The number of aromatic nitrogens is 6. The van der Waals surface area contributed by atoms with Gasteiger partial charge < -0.3 is 9.80 Å². The predicted octanol–water partition coefficient (Wildman–Crippen LogP) is 3.63. The van der Waals surface area contributed by atoms with E-state index in [1.165, 1.54) is 12.4 Å². The van der Waals surface area contributed by atoms with Gasteiger partial charge in [-0.2, -0.15) is 5.26 Å². The van der Waals surface area contributed by atoms with Crippen molar-refractivity contribution in [3.63, 3.8) is 0 Å². The van der Waals surface area contributed by atoms with Crippen molar-refractivity contribution < 1.29 is 9.18 Å². The van der Waals surface area contributed by atoms with E-state index in [-0.39, 0.29) is 23.6 Å². The van der Waals surface area contributed by atoms with Crippen LogP contribution in [0.15, 0.2) is 73.6 Å². The molecule has 0 bridgehead atoms. The van der Waals surface area contributed by atoms with Crippen molar-refractivity contribution in [2.24, 2.45) is 0 Å². The van der Waals surface area contributed by atoms with Gasteiger partial charge in [-0.05, 0) is 31.2 Å². The molecule has 5 aromatic rings. The van der Waals surface area contributed by atoms with Crippen molar-refractivity contribution in [2.75, 3.05) is 24.5 Å². The van der Waals surface area contributed by atoms with Gasteiger partial charge in [0, 0.05) is 61.6 Å². The summed E-state index contributed by atoms with van der Waals surface area (Å²) in [6.07, 6.45) is 7.90. The molecular weight excluding hydrogens is 497 g/mol. The molecule has 10 nitrogen and oxygen atoms in total. The lowest BCUT2D eigenvalue weighted by Gasteiger charge is -2.40. The lowest BCUT2D eigenvalue weighted by Crippen LogP contribution is -2.54. The fourth-order valence-electron chi connectivity index (χ4n) is 4.95. The predicted molar refractivity (Wildman–Crippen MR) is 142 cm³/mol. The van der Waals surface area contributed by atoms with Crippen molar-refractivity contribution in [1.29, 1.82) is 5.26 Å². The standard InChI is InChI=1S/C28H22FN9O/c1-18-15-36(11-12-37(18)28(39)25-32-8-4-9-33-25)26-24-21(20-5-2-3-6-22(20)29)16-38(27(24)35-17-34-26)23-13-19(14-30)7-10-31-23/h2-10,13,16-18H,11-12,15H2,1H3. The molecular formula is C28H22FN9O. The number of halogens is 1. The Morgan fingerprint density at radius 1 is 1.00 bits per heavy atom.